The van der Waals surface area contributed by atoms with Gasteiger partial charge in [0.05, 0.1) is 0 Å². The molecule has 0 aromatic carbocycles. The Labute approximate surface area is 129 Å². The minimum absolute atomic E-state index is 0.0341. The van der Waals surface area contributed by atoms with Gasteiger partial charge in [-0.3, -0.25) is 0 Å². The van der Waals surface area contributed by atoms with E-state index in [1.54, 1.807) is 0 Å². The van der Waals surface area contributed by atoms with Crippen molar-refractivity contribution in [2.45, 2.75) is 71.3 Å². The van der Waals surface area contributed by atoms with E-state index in [4.69, 9.17) is 4.98 Å². The van der Waals surface area contributed by atoms with Crippen molar-refractivity contribution in [2.24, 2.45) is 0 Å². The molecule has 0 amide bonds. The first-order chi connectivity index (χ1) is 9.91. The zero-order chi connectivity index (χ0) is 15.5. The van der Waals surface area contributed by atoms with Crippen LogP contribution in [0.25, 0.3) is 0 Å². The lowest BCUT2D eigenvalue weighted by Gasteiger charge is -2.33. The van der Waals surface area contributed by atoms with Crippen molar-refractivity contribution >= 4 is 11.6 Å². The standard InChI is InChI=1S/C17H30N4/c1-6-18-14-12-15(20-16(19-14)17(2,3)4)21(5)13-10-8-7-9-11-13/h12-13H,6-11H2,1-5H3,(H,18,19,20). The lowest BCUT2D eigenvalue weighted by Crippen LogP contribution is -2.34. The molecule has 1 aliphatic carbocycles. The van der Waals surface area contributed by atoms with Crippen LogP contribution < -0.4 is 10.2 Å². The van der Waals surface area contributed by atoms with E-state index in [1.807, 2.05) is 0 Å². The molecule has 0 unspecified atom stereocenters. The van der Waals surface area contributed by atoms with Gasteiger partial charge in [-0.15, -0.1) is 0 Å². The van der Waals surface area contributed by atoms with Gasteiger partial charge in [-0.1, -0.05) is 40.0 Å². The molecule has 1 saturated carbocycles. The average molecular weight is 290 g/mol. The summed E-state index contributed by atoms with van der Waals surface area (Å²) in [6.07, 6.45) is 6.62. The van der Waals surface area contributed by atoms with E-state index in [1.165, 1.54) is 32.1 Å². The molecule has 1 heterocycles. The van der Waals surface area contributed by atoms with Gasteiger partial charge in [0.2, 0.25) is 0 Å². The number of hydrogen-bond donors (Lipinski definition) is 1. The molecule has 1 aliphatic rings. The van der Waals surface area contributed by atoms with Gasteiger partial charge in [-0.25, -0.2) is 9.97 Å². The molecule has 0 radical (unpaired) electrons. The number of nitrogens with one attached hydrogen (secondary N) is 1. The summed E-state index contributed by atoms with van der Waals surface area (Å²) >= 11 is 0. The molecule has 118 valence electrons. The Balaban J connectivity index is 2.30. The molecule has 1 aromatic rings. The van der Waals surface area contributed by atoms with Gasteiger partial charge in [0.15, 0.2) is 0 Å². The third-order valence-electron chi connectivity index (χ3n) is 4.23. The van der Waals surface area contributed by atoms with E-state index in [9.17, 15) is 0 Å². The fourth-order valence-electron chi connectivity index (χ4n) is 2.88. The molecule has 4 heteroatoms. The highest BCUT2D eigenvalue weighted by Crippen LogP contribution is 2.28. The molecule has 0 aliphatic heterocycles. The summed E-state index contributed by atoms with van der Waals surface area (Å²) in [6.45, 7) is 9.49. The molecule has 1 N–H and O–H groups in total. The van der Waals surface area contributed by atoms with Crippen molar-refractivity contribution in [3.05, 3.63) is 11.9 Å². The third-order valence-corrected chi connectivity index (χ3v) is 4.23. The van der Waals surface area contributed by atoms with Crippen molar-refractivity contribution in [1.82, 2.24) is 9.97 Å². The summed E-state index contributed by atoms with van der Waals surface area (Å²) in [5.41, 5.74) is -0.0341. The predicted molar refractivity (Wildman–Crippen MR) is 90.2 cm³/mol. The molecular weight excluding hydrogens is 260 g/mol. The first kappa shape index (κ1) is 16.1. The molecular formula is C17H30N4. The van der Waals surface area contributed by atoms with E-state index in [-0.39, 0.29) is 5.41 Å². The molecule has 0 saturated heterocycles. The molecule has 4 nitrogen and oxygen atoms in total. The van der Waals surface area contributed by atoms with E-state index in [2.05, 4.69) is 56.0 Å². The highest BCUT2D eigenvalue weighted by Gasteiger charge is 2.23. The van der Waals surface area contributed by atoms with Gasteiger partial charge < -0.3 is 10.2 Å². The highest BCUT2D eigenvalue weighted by molar-refractivity contribution is 5.50. The Bertz CT molecular complexity index is 458. The van der Waals surface area contributed by atoms with Crippen LogP contribution in [0.1, 0.15) is 65.6 Å². The van der Waals surface area contributed by atoms with Gasteiger partial charge in [0.25, 0.3) is 0 Å². The number of aromatic nitrogens is 2. The second-order valence-corrected chi connectivity index (χ2v) is 7.12. The lowest BCUT2D eigenvalue weighted by molar-refractivity contribution is 0.425. The zero-order valence-corrected chi connectivity index (χ0v) is 14.2. The SMILES string of the molecule is CCNc1cc(N(C)C2CCCCC2)nc(C(C)(C)C)n1. The monoisotopic (exact) mass is 290 g/mol. The molecule has 2 rings (SSSR count). The Morgan fingerprint density at radius 2 is 1.86 bits per heavy atom. The summed E-state index contributed by atoms with van der Waals surface area (Å²) in [5.74, 6) is 2.91. The Morgan fingerprint density at radius 1 is 1.19 bits per heavy atom. The number of rotatable bonds is 4. The van der Waals surface area contributed by atoms with Crippen molar-refractivity contribution in [3.63, 3.8) is 0 Å². The first-order valence-corrected chi connectivity index (χ1v) is 8.28. The van der Waals surface area contributed by atoms with E-state index in [0.29, 0.717) is 6.04 Å². The maximum absolute atomic E-state index is 4.84. The Morgan fingerprint density at radius 3 is 2.43 bits per heavy atom. The van der Waals surface area contributed by atoms with Crippen molar-refractivity contribution in [3.8, 4) is 0 Å². The number of anilines is 2. The average Bonchev–Trinajstić information content (AvgIpc) is 2.46. The normalized spacial score (nSPS) is 16.8. The van der Waals surface area contributed by atoms with Crippen LogP contribution >= 0.6 is 0 Å². The molecule has 0 spiro atoms. The van der Waals surface area contributed by atoms with Gasteiger partial charge in [0, 0.05) is 31.1 Å². The minimum atomic E-state index is -0.0341. The molecule has 0 atom stereocenters. The fraction of sp³-hybridized carbons (Fsp3) is 0.765. The molecule has 21 heavy (non-hydrogen) atoms. The molecule has 1 fully saturated rings. The van der Waals surface area contributed by atoms with Crippen LogP contribution in [0.4, 0.5) is 11.6 Å². The second-order valence-electron chi connectivity index (χ2n) is 7.12. The molecule has 0 bridgehead atoms. The van der Waals surface area contributed by atoms with Crippen LogP contribution in [0.5, 0.6) is 0 Å². The van der Waals surface area contributed by atoms with E-state index >= 15 is 0 Å². The van der Waals surface area contributed by atoms with Gasteiger partial charge >= 0.3 is 0 Å². The fourth-order valence-corrected chi connectivity index (χ4v) is 2.88. The number of nitrogens with zero attached hydrogens (tertiary/aromatic N) is 3. The van der Waals surface area contributed by atoms with Crippen LogP contribution in [-0.2, 0) is 5.41 Å². The van der Waals surface area contributed by atoms with Crippen molar-refractivity contribution in [1.29, 1.82) is 0 Å². The summed E-state index contributed by atoms with van der Waals surface area (Å²) in [7, 11) is 2.18. The summed E-state index contributed by atoms with van der Waals surface area (Å²) in [4.78, 5) is 11.9. The van der Waals surface area contributed by atoms with E-state index in [0.717, 1.165) is 24.0 Å². The predicted octanol–water partition coefficient (Wildman–Crippen LogP) is 3.97. The van der Waals surface area contributed by atoms with Gasteiger partial charge in [0.1, 0.15) is 17.5 Å². The highest BCUT2D eigenvalue weighted by atomic mass is 15.2. The second kappa shape index (κ2) is 6.63. The topological polar surface area (TPSA) is 41.0 Å². The van der Waals surface area contributed by atoms with Crippen LogP contribution in [0, 0.1) is 0 Å². The van der Waals surface area contributed by atoms with Crippen molar-refractivity contribution in [2.75, 3.05) is 23.8 Å². The lowest BCUT2D eigenvalue weighted by atomic mass is 9.94. The smallest absolute Gasteiger partial charge is 0.138 e. The first-order valence-electron chi connectivity index (χ1n) is 8.28. The Hall–Kier alpha value is -1.32. The van der Waals surface area contributed by atoms with Crippen LogP contribution in [0.2, 0.25) is 0 Å². The summed E-state index contributed by atoms with van der Waals surface area (Å²) in [5, 5.41) is 3.34. The van der Waals surface area contributed by atoms with E-state index < -0.39 is 0 Å². The van der Waals surface area contributed by atoms with Crippen molar-refractivity contribution < 1.29 is 0 Å². The van der Waals surface area contributed by atoms with Crippen LogP contribution in [-0.4, -0.2) is 29.6 Å². The van der Waals surface area contributed by atoms with Crippen LogP contribution in [0.3, 0.4) is 0 Å². The third kappa shape index (κ3) is 4.08. The van der Waals surface area contributed by atoms with Gasteiger partial charge in [-0.2, -0.15) is 0 Å². The minimum Gasteiger partial charge on any atom is -0.370 e. The summed E-state index contributed by atoms with van der Waals surface area (Å²) in [6, 6.07) is 2.71. The maximum atomic E-state index is 4.84. The summed E-state index contributed by atoms with van der Waals surface area (Å²) < 4.78 is 0. The maximum Gasteiger partial charge on any atom is 0.138 e. The van der Waals surface area contributed by atoms with Crippen LogP contribution in [0.15, 0.2) is 6.07 Å². The zero-order valence-electron chi connectivity index (χ0n) is 14.2. The quantitative estimate of drug-likeness (QED) is 0.911. The molecule has 1 aromatic heterocycles. The number of hydrogen-bond acceptors (Lipinski definition) is 4. The van der Waals surface area contributed by atoms with Gasteiger partial charge in [-0.05, 0) is 19.8 Å². The Kier molecular flexibility index (Phi) is 5.07. The largest absolute Gasteiger partial charge is 0.370 e.